The van der Waals surface area contributed by atoms with Crippen molar-refractivity contribution < 1.29 is 13.5 Å². The van der Waals surface area contributed by atoms with Gasteiger partial charge in [0.05, 0.1) is 6.61 Å². The molecule has 1 unspecified atom stereocenters. The van der Waals surface area contributed by atoms with Crippen LogP contribution in [0.15, 0.2) is 11.6 Å². The Kier molecular flexibility index (Phi) is 5.53. The predicted molar refractivity (Wildman–Crippen MR) is 65.5 cm³/mol. The van der Waals surface area contributed by atoms with E-state index in [4.69, 9.17) is 4.74 Å². The number of halogens is 2. The van der Waals surface area contributed by atoms with Gasteiger partial charge in [-0.2, -0.15) is 0 Å². The number of hydrogen-bond acceptors (Lipinski definition) is 2. The third-order valence-corrected chi connectivity index (χ3v) is 3.46. The van der Waals surface area contributed by atoms with E-state index in [2.05, 4.69) is 11.8 Å². The molecule has 0 N–H and O–H groups in total. The number of rotatable bonds is 6. The highest BCUT2D eigenvalue weighted by atomic mass is 19.3. The Morgan fingerprint density at radius 2 is 2.18 bits per heavy atom. The van der Waals surface area contributed by atoms with Gasteiger partial charge in [0.2, 0.25) is 0 Å². The first kappa shape index (κ1) is 14.6. The molecule has 1 aliphatic heterocycles. The number of alkyl halides is 2. The Morgan fingerprint density at radius 1 is 1.47 bits per heavy atom. The maximum absolute atomic E-state index is 12.4. The van der Waals surface area contributed by atoms with Gasteiger partial charge < -0.3 is 4.74 Å². The lowest BCUT2D eigenvalue weighted by Crippen LogP contribution is -2.45. The molecule has 0 spiro atoms. The van der Waals surface area contributed by atoms with Crippen molar-refractivity contribution in [3.05, 3.63) is 11.6 Å². The molecule has 0 aliphatic carbocycles. The molecule has 2 nitrogen and oxygen atoms in total. The summed E-state index contributed by atoms with van der Waals surface area (Å²) in [5.74, 6) is 0. The first-order chi connectivity index (χ1) is 8.04. The fraction of sp³-hybridized carbons (Fsp3) is 0.846. The first-order valence-corrected chi connectivity index (χ1v) is 6.30. The number of nitrogens with zero attached hydrogens (tertiary/aromatic N) is 1. The number of ether oxygens (including phenoxy) is 1. The van der Waals surface area contributed by atoms with Crippen molar-refractivity contribution >= 4 is 0 Å². The van der Waals surface area contributed by atoms with Crippen LogP contribution in [-0.4, -0.2) is 43.7 Å². The van der Waals surface area contributed by atoms with Crippen LogP contribution in [0.25, 0.3) is 0 Å². The van der Waals surface area contributed by atoms with Crippen molar-refractivity contribution in [3.63, 3.8) is 0 Å². The van der Waals surface area contributed by atoms with E-state index in [1.54, 1.807) is 0 Å². The number of hydrogen-bond donors (Lipinski definition) is 0. The zero-order chi connectivity index (χ0) is 12.9. The van der Waals surface area contributed by atoms with Crippen LogP contribution in [0.2, 0.25) is 0 Å². The van der Waals surface area contributed by atoms with Crippen LogP contribution in [0.4, 0.5) is 8.78 Å². The van der Waals surface area contributed by atoms with Gasteiger partial charge in [-0.05, 0) is 32.9 Å². The molecule has 0 bridgehead atoms. The van der Waals surface area contributed by atoms with Crippen molar-refractivity contribution in [2.75, 3.05) is 26.8 Å². The van der Waals surface area contributed by atoms with Gasteiger partial charge in [-0.1, -0.05) is 18.9 Å². The van der Waals surface area contributed by atoms with Gasteiger partial charge in [0, 0.05) is 18.7 Å². The van der Waals surface area contributed by atoms with E-state index in [-0.39, 0.29) is 5.54 Å². The maximum Gasteiger partial charge on any atom is 0.257 e. The van der Waals surface area contributed by atoms with Gasteiger partial charge in [0.1, 0.15) is 0 Å². The normalized spacial score (nSPS) is 28.5. The minimum Gasteiger partial charge on any atom is -0.380 e. The number of likely N-dealkylation sites (N-methyl/N-ethyl adjacent to an activating group) is 1. The van der Waals surface area contributed by atoms with Crippen LogP contribution in [0.5, 0.6) is 0 Å². The van der Waals surface area contributed by atoms with Crippen LogP contribution in [0, 0.1) is 0 Å². The van der Waals surface area contributed by atoms with Crippen molar-refractivity contribution in [3.8, 4) is 0 Å². The Morgan fingerprint density at radius 3 is 2.71 bits per heavy atom. The summed E-state index contributed by atoms with van der Waals surface area (Å²) < 4.78 is 30.3. The largest absolute Gasteiger partial charge is 0.380 e. The number of likely N-dealkylation sites (tertiary alicyclic amines) is 1. The van der Waals surface area contributed by atoms with Gasteiger partial charge >= 0.3 is 0 Å². The van der Waals surface area contributed by atoms with E-state index in [0.717, 1.165) is 24.5 Å². The maximum atomic E-state index is 12.4. The molecule has 0 radical (unpaired) electrons. The molecule has 0 saturated carbocycles. The summed E-state index contributed by atoms with van der Waals surface area (Å²) in [5, 5.41) is 0. The second kappa shape index (κ2) is 6.45. The Balaban J connectivity index is 2.76. The second-order valence-corrected chi connectivity index (χ2v) is 4.80. The molecule has 1 aliphatic rings. The van der Waals surface area contributed by atoms with Crippen molar-refractivity contribution in [1.82, 2.24) is 4.90 Å². The summed E-state index contributed by atoms with van der Waals surface area (Å²) >= 11 is 0. The molecular weight excluding hydrogens is 224 g/mol. The Bertz CT molecular complexity index is 268. The minimum absolute atomic E-state index is 0.0779. The SMILES string of the molecule is CCCC1(COCC)C/C(=C/C(F)F)CN1C. The molecule has 100 valence electrons. The minimum atomic E-state index is -2.34. The lowest BCUT2D eigenvalue weighted by Gasteiger charge is -2.35. The standard InChI is InChI=1S/C13H23F2NO/c1-4-6-13(10-17-5-2)8-11(7-12(14)15)9-16(13)3/h7,12H,4-6,8-10H2,1-3H3/b11-7-. The molecule has 17 heavy (non-hydrogen) atoms. The molecule has 4 heteroatoms. The average Bonchev–Trinajstić information content (AvgIpc) is 2.52. The average molecular weight is 247 g/mol. The third-order valence-electron chi connectivity index (χ3n) is 3.46. The van der Waals surface area contributed by atoms with Crippen LogP contribution >= 0.6 is 0 Å². The highest BCUT2D eigenvalue weighted by Gasteiger charge is 2.40. The predicted octanol–water partition coefficient (Wildman–Crippen LogP) is 3.09. The molecule has 0 aromatic rings. The van der Waals surface area contributed by atoms with Crippen LogP contribution in [-0.2, 0) is 4.74 Å². The van der Waals surface area contributed by atoms with E-state index in [9.17, 15) is 8.78 Å². The Hall–Kier alpha value is -0.480. The zero-order valence-corrected chi connectivity index (χ0v) is 11.0. The molecule has 0 amide bonds. The summed E-state index contributed by atoms with van der Waals surface area (Å²) in [4.78, 5) is 2.17. The van der Waals surface area contributed by atoms with E-state index in [0.29, 0.717) is 26.2 Å². The lowest BCUT2D eigenvalue weighted by atomic mass is 9.90. The zero-order valence-electron chi connectivity index (χ0n) is 11.0. The van der Waals surface area contributed by atoms with Crippen LogP contribution < -0.4 is 0 Å². The van der Waals surface area contributed by atoms with E-state index in [1.165, 1.54) is 0 Å². The molecule has 1 rings (SSSR count). The summed E-state index contributed by atoms with van der Waals surface area (Å²) in [6.07, 6.45) is 1.49. The third kappa shape index (κ3) is 3.75. The fourth-order valence-electron chi connectivity index (χ4n) is 2.65. The van der Waals surface area contributed by atoms with Crippen molar-refractivity contribution in [1.29, 1.82) is 0 Å². The first-order valence-electron chi connectivity index (χ1n) is 6.30. The highest BCUT2D eigenvalue weighted by Crippen LogP contribution is 2.36. The summed E-state index contributed by atoms with van der Waals surface area (Å²) in [6.45, 7) is 6.03. The van der Waals surface area contributed by atoms with Crippen molar-refractivity contribution in [2.45, 2.75) is 45.1 Å². The molecule has 1 heterocycles. The van der Waals surface area contributed by atoms with Gasteiger partial charge in [-0.25, -0.2) is 8.78 Å². The van der Waals surface area contributed by atoms with E-state index < -0.39 is 6.43 Å². The second-order valence-electron chi connectivity index (χ2n) is 4.80. The molecular formula is C13H23F2NO. The van der Waals surface area contributed by atoms with Crippen LogP contribution in [0.3, 0.4) is 0 Å². The highest BCUT2D eigenvalue weighted by molar-refractivity contribution is 5.18. The van der Waals surface area contributed by atoms with Crippen molar-refractivity contribution in [2.24, 2.45) is 0 Å². The smallest absolute Gasteiger partial charge is 0.257 e. The van der Waals surface area contributed by atoms with Crippen LogP contribution in [0.1, 0.15) is 33.1 Å². The molecule has 1 fully saturated rings. The molecule has 1 atom stereocenters. The van der Waals surface area contributed by atoms with Gasteiger partial charge in [-0.3, -0.25) is 4.90 Å². The van der Waals surface area contributed by atoms with E-state index in [1.807, 2.05) is 14.0 Å². The fourth-order valence-corrected chi connectivity index (χ4v) is 2.65. The van der Waals surface area contributed by atoms with E-state index >= 15 is 0 Å². The summed E-state index contributed by atoms with van der Waals surface area (Å²) in [7, 11) is 2.00. The van der Waals surface area contributed by atoms with Gasteiger partial charge in [0.15, 0.2) is 0 Å². The quantitative estimate of drug-likeness (QED) is 0.669. The topological polar surface area (TPSA) is 12.5 Å². The molecule has 0 aromatic carbocycles. The molecule has 0 aromatic heterocycles. The lowest BCUT2D eigenvalue weighted by molar-refractivity contribution is 0.0255. The van der Waals surface area contributed by atoms with Gasteiger partial charge in [0.25, 0.3) is 6.43 Å². The number of allylic oxidation sites excluding steroid dienone is 1. The Labute approximate surface area is 103 Å². The monoisotopic (exact) mass is 247 g/mol. The molecule has 1 saturated heterocycles. The van der Waals surface area contributed by atoms with Gasteiger partial charge in [-0.15, -0.1) is 0 Å². The summed E-state index contributed by atoms with van der Waals surface area (Å²) in [6, 6.07) is 0. The summed E-state index contributed by atoms with van der Waals surface area (Å²) in [5.41, 5.74) is 0.765.